The van der Waals surface area contributed by atoms with Gasteiger partial charge in [-0.25, -0.2) is 14.2 Å². The fraction of sp³-hybridized carbons (Fsp3) is 0.286. The summed E-state index contributed by atoms with van der Waals surface area (Å²) in [5.41, 5.74) is 0.576. The zero-order valence-corrected chi connectivity index (χ0v) is 18.4. The molecule has 0 radical (unpaired) electrons. The Morgan fingerprint density at radius 2 is 2.23 bits per heavy atom. The first-order chi connectivity index (χ1) is 14.2. The summed E-state index contributed by atoms with van der Waals surface area (Å²) in [5.74, 6) is -0.604. The van der Waals surface area contributed by atoms with Gasteiger partial charge in [-0.2, -0.15) is 0 Å². The number of thiazole rings is 1. The number of carbonyl (C=O) groups is 1. The Morgan fingerprint density at radius 1 is 1.47 bits per heavy atom. The normalized spacial score (nSPS) is 15.9. The first-order valence-electron chi connectivity index (χ1n) is 9.20. The van der Waals surface area contributed by atoms with Crippen LogP contribution in [-0.2, 0) is 10.2 Å². The van der Waals surface area contributed by atoms with Gasteiger partial charge in [-0.3, -0.25) is 10.3 Å². The Bertz CT molecular complexity index is 1030. The van der Waals surface area contributed by atoms with E-state index in [0.717, 1.165) is 9.88 Å². The molecule has 1 amide bonds. The third-order valence-corrected chi connectivity index (χ3v) is 5.81. The summed E-state index contributed by atoms with van der Waals surface area (Å²) in [4.78, 5) is 21.4. The number of ether oxygens (including phenoxy) is 1. The molecule has 2 heterocycles. The van der Waals surface area contributed by atoms with E-state index in [0.29, 0.717) is 11.4 Å². The maximum Gasteiger partial charge on any atom is 0.412 e. The highest BCUT2D eigenvalue weighted by molar-refractivity contribution is 7.13. The van der Waals surface area contributed by atoms with Gasteiger partial charge in [0, 0.05) is 17.2 Å². The number of alkyl halides is 1. The van der Waals surface area contributed by atoms with Crippen molar-refractivity contribution in [3.05, 3.63) is 52.6 Å². The third kappa shape index (κ3) is 4.88. The number of amides is 1. The molecular weight excluding hydrogens is 427 g/mol. The van der Waals surface area contributed by atoms with E-state index in [-0.39, 0.29) is 23.3 Å². The van der Waals surface area contributed by atoms with Gasteiger partial charge in [0.2, 0.25) is 0 Å². The molecule has 6 nitrogen and oxygen atoms in total. The van der Waals surface area contributed by atoms with E-state index in [1.54, 1.807) is 24.4 Å². The first kappa shape index (κ1) is 22.0. The summed E-state index contributed by atoms with van der Waals surface area (Å²) >= 11 is 7.56. The van der Waals surface area contributed by atoms with Gasteiger partial charge in [0.05, 0.1) is 27.0 Å². The van der Waals surface area contributed by atoms with E-state index in [4.69, 9.17) is 21.3 Å². The number of allylic oxidation sites excluding steroid dienone is 1. The third-order valence-electron chi connectivity index (χ3n) is 4.07. The van der Waals surface area contributed by atoms with Crippen LogP contribution in [0.4, 0.5) is 14.9 Å². The Kier molecular flexibility index (Phi) is 6.58. The number of nitrogens with one attached hydrogen (secondary N) is 2. The standard InChI is InChI=1S/C21H22ClFN4O2S/c1-5-11-29-20(28)26-13-8-6-7-12(15(13)23)16-17(14-9-10-24-19(22)25-14)30-18(27-16)21(2,3)4/h5-10,19,25H,1,11H2,2-4H3,(H,26,28). The van der Waals surface area contributed by atoms with E-state index in [9.17, 15) is 4.79 Å². The minimum atomic E-state index is -0.766. The van der Waals surface area contributed by atoms with Crippen molar-refractivity contribution in [3.8, 4) is 11.3 Å². The van der Waals surface area contributed by atoms with E-state index < -0.39 is 17.5 Å². The molecule has 0 spiro atoms. The Labute approximate surface area is 183 Å². The van der Waals surface area contributed by atoms with Crippen LogP contribution in [0.3, 0.4) is 0 Å². The van der Waals surface area contributed by atoms with E-state index >= 15 is 4.39 Å². The van der Waals surface area contributed by atoms with Crippen molar-refractivity contribution >= 4 is 46.6 Å². The first-order valence-corrected chi connectivity index (χ1v) is 10.5. The number of carbonyl (C=O) groups excluding carboxylic acids is 1. The van der Waals surface area contributed by atoms with Crippen LogP contribution < -0.4 is 10.6 Å². The number of aliphatic imine (C=N–C) groups is 1. The molecule has 0 bridgehead atoms. The fourth-order valence-corrected chi connectivity index (χ4v) is 3.95. The summed E-state index contributed by atoms with van der Waals surface area (Å²) in [7, 11) is 0. The number of halogens is 2. The molecule has 1 aromatic heterocycles. The zero-order chi connectivity index (χ0) is 21.9. The van der Waals surface area contributed by atoms with Crippen molar-refractivity contribution in [1.29, 1.82) is 0 Å². The number of nitrogens with zero attached hydrogens (tertiary/aromatic N) is 2. The SMILES string of the molecule is C=CCOC(=O)Nc1cccc(-c2nc(C(C)(C)C)sc2C2=CC=NC(Cl)N2)c1F. The van der Waals surface area contributed by atoms with Crippen molar-refractivity contribution in [1.82, 2.24) is 10.3 Å². The van der Waals surface area contributed by atoms with E-state index in [1.807, 2.05) is 20.8 Å². The summed E-state index contributed by atoms with van der Waals surface area (Å²) in [6.45, 7) is 9.62. The predicted octanol–water partition coefficient (Wildman–Crippen LogP) is 5.52. The second kappa shape index (κ2) is 8.97. The van der Waals surface area contributed by atoms with Crippen molar-refractivity contribution < 1.29 is 13.9 Å². The van der Waals surface area contributed by atoms with Crippen LogP contribution in [0.25, 0.3) is 17.0 Å². The molecule has 2 N–H and O–H groups in total. The number of benzene rings is 1. The lowest BCUT2D eigenvalue weighted by Crippen LogP contribution is -2.23. The average molecular weight is 449 g/mol. The minimum Gasteiger partial charge on any atom is -0.445 e. The van der Waals surface area contributed by atoms with Crippen molar-refractivity contribution in [3.63, 3.8) is 0 Å². The van der Waals surface area contributed by atoms with Crippen molar-refractivity contribution in [2.75, 3.05) is 11.9 Å². The van der Waals surface area contributed by atoms with Gasteiger partial charge in [0.25, 0.3) is 0 Å². The topological polar surface area (TPSA) is 75.6 Å². The van der Waals surface area contributed by atoms with Gasteiger partial charge in [-0.15, -0.1) is 11.3 Å². The van der Waals surface area contributed by atoms with Gasteiger partial charge >= 0.3 is 6.09 Å². The fourth-order valence-electron chi connectivity index (χ4n) is 2.65. The van der Waals surface area contributed by atoms with Crippen LogP contribution in [0, 0.1) is 5.82 Å². The Hall–Kier alpha value is -2.71. The maximum atomic E-state index is 15.4. The van der Waals surface area contributed by atoms with Crippen LogP contribution in [0.2, 0.25) is 0 Å². The van der Waals surface area contributed by atoms with E-state index in [1.165, 1.54) is 23.5 Å². The highest BCUT2D eigenvalue weighted by Crippen LogP contribution is 2.40. The monoisotopic (exact) mass is 448 g/mol. The van der Waals surface area contributed by atoms with Gasteiger partial charge < -0.3 is 10.1 Å². The maximum absolute atomic E-state index is 15.4. The molecule has 1 aromatic carbocycles. The largest absolute Gasteiger partial charge is 0.445 e. The quantitative estimate of drug-likeness (QED) is 0.359. The number of hydrogen-bond acceptors (Lipinski definition) is 6. The summed E-state index contributed by atoms with van der Waals surface area (Å²) < 4.78 is 20.2. The molecule has 0 saturated carbocycles. The molecule has 9 heteroatoms. The predicted molar refractivity (Wildman–Crippen MR) is 121 cm³/mol. The zero-order valence-electron chi connectivity index (χ0n) is 16.8. The molecule has 0 saturated heterocycles. The second-order valence-electron chi connectivity index (χ2n) is 7.48. The summed E-state index contributed by atoms with van der Waals surface area (Å²) in [6, 6.07) is 4.73. The molecule has 30 heavy (non-hydrogen) atoms. The van der Waals surface area contributed by atoms with Crippen LogP contribution >= 0.6 is 22.9 Å². The lowest BCUT2D eigenvalue weighted by Gasteiger charge is -2.16. The Balaban J connectivity index is 2.06. The molecule has 1 unspecified atom stereocenters. The van der Waals surface area contributed by atoms with Crippen LogP contribution in [0.5, 0.6) is 0 Å². The van der Waals surface area contributed by atoms with Crippen LogP contribution in [-0.4, -0.2) is 29.5 Å². The van der Waals surface area contributed by atoms with Crippen molar-refractivity contribution in [2.45, 2.75) is 31.8 Å². The minimum absolute atomic E-state index is 0.000172. The van der Waals surface area contributed by atoms with E-state index in [2.05, 4.69) is 22.2 Å². The summed E-state index contributed by atoms with van der Waals surface area (Å²) in [5, 5.41) is 6.33. The molecule has 1 aliphatic rings. The average Bonchev–Trinajstić information content (AvgIpc) is 3.14. The molecular formula is C21H22ClFN4O2S. The number of hydrogen-bond donors (Lipinski definition) is 2. The summed E-state index contributed by atoms with van der Waals surface area (Å²) in [6.07, 6.45) is 4.04. The lowest BCUT2D eigenvalue weighted by molar-refractivity contribution is 0.174. The lowest BCUT2D eigenvalue weighted by atomic mass is 9.98. The molecule has 0 aliphatic carbocycles. The van der Waals surface area contributed by atoms with Crippen LogP contribution in [0.1, 0.15) is 30.7 Å². The number of anilines is 1. The van der Waals surface area contributed by atoms with Gasteiger partial charge in [0.15, 0.2) is 11.4 Å². The van der Waals surface area contributed by atoms with Crippen LogP contribution in [0.15, 0.2) is 41.9 Å². The van der Waals surface area contributed by atoms with Crippen molar-refractivity contribution in [2.24, 2.45) is 4.99 Å². The molecule has 158 valence electrons. The van der Waals surface area contributed by atoms with Gasteiger partial charge in [-0.1, -0.05) is 51.1 Å². The molecule has 0 fully saturated rings. The molecule has 1 atom stereocenters. The molecule has 1 aliphatic heterocycles. The smallest absolute Gasteiger partial charge is 0.412 e. The Morgan fingerprint density at radius 3 is 2.90 bits per heavy atom. The highest BCUT2D eigenvalue weighted by Gasteiger charge is 2.27. The van der Waals surface area contributed by atoms with Gasteiger partial charge in [-0.05, 0) is 18.2 Å². The second-order valence-corrected chi connectivity index (χ2v) is 8.90. The van der Waals surface area contributed by atoms with Gasteiger partial charge in [0.1, 0.15) is 6.61 Å². The highest BCUT2D eigenvalue weighted by atomic mass is 35.5. The molecule has 2 aromatic rings. The molecule has 3 rings (SSSR count). The number of rotatable bonds is 5. The number of aromatic nitrogens is 1.